The summed E-state index contributed by atoms with van der Waals surface area (Å²) in [7, 11) is 0. The molecule has 12 aromatic carbocycles. The monoisotopic (exact) mass is 1280 g/mol. The fourth-order valence-electron chi connectivity index (χ4n) is 17.7. The average Bonchev–Trinajstić information content (AvgIpc) is 0.750. The Morgan fingerprint density at radius 2 is 0.860 bits per heavy atom. The first kappa shape index (κ1) is 59.8. The Bertz CT molecular complexity index is 5540. The van der Waals surface area contributed by atoms with Crippen LogP contribution in [0.4, 0.5) is 34.1 Å². The summed E-state index contributed by atoms with van der Waals surface area (Å²) in [5.74, 6) is 0.965. The van der Waals surface area contributed by atoms with Crippen molar-refractivity contribution in [1.82, 2.24) is 4.57 Å². The number of anilines is 6. The standard InChI is InChI=1S/C96H76BN3/c1-95(2,3)71-52-68-46-47-69-53-72(96(4,5)6)58-81-80(55-70(54-71)90(68)91(69)81)67-48-50-82-87(57-67)100(94-76(64-34-18-10-19-35-64)42-27-43-77(94)65-36-20-11-21-37-65)89-60-73(98-84-44-24-22-38-78(84)79-39-23-25-45-85(79)98)59-88-92(89)97(82)83-56-66(61-28-12-7-13-29-61)49-51-86(83)99(88)93-74(62-30-14-8-15-31-62)40-26-41-75(93)63-32-16-9-17-33-63/h7-52,54-60,69,90-91H,53H2,1-6H3. The van der Waals surface area contributed by atoms with Crippen LogP contribution in [0.25, 0.3) is 88.7 Å². The zero-order chi connectivity index (χ0) is 67.1. The van der Waals surface area contributed by atoms with Crippen molar-refractivity contribution in [3.63, 3.8) is 0 Å². The van der Waals surface area contributed by atoms with Crippen LogP contribution in [-0.2, 0) is 0 Å². The van der Waals surface area contributed by atoms with Crippen molar-refractivity contribution in [2.75, 3.05) is 9.80 Å². The highest BCUT2D eigenvalue weighted by Gasteiger charge is 2.48. The van der Waals surface area contributed by atoms with Crippen molar-refractivity contribution in [3.05, 3.63) is 355 Å². The average molecular weight is 1280 g/mol. The van der Waals surface area contributed by atoms with E-state index in [4.69, 9.17) is 0 Å². The summed E-state index contributed by atoms with van der Waals surface area (Å²) in [6, 6.07) is 108. The van der Waals surface area contributed by atoms with E-state index in [0.29, 0.717) is 11.8 Å². The van der Waals surface area contributed by atoms with Crippen LogP contribution >= 0.6 is 0 Å². The van der Waals surface area contributed by atoms with E-state index >= 15 is 0 Å². The molecule has 19 rings (SSSR count). The molecule has 4 aliphatic carbocycles. The zero-order valence-electron chi connectivity index (χ0n) is 57.5. The molecule has 3 nitrogen and oxygen atoms in total. The molecule has 0 amide bonds. The summed E-state index contributed by atoms with van der Waals surface area (Å²) < 4.78 is 2.55. The van der Waals surface area contributed by atoms with Crippen LogP contribution in [-0.4, -0.2) is 11.3 Å². The predicted molar refractivity (Wildman–Crippen MR) is 424 cm³/mol. The molecule has 3 unspecified atom stereocenters. The molecule has 4 heteroatoms. The first-order valence-corrected chi connectivity index (χ1v) is 35.8. The smallest absolute Gasteiger partial charge is 0.252 e. The molecule has 478 valence electrons. The summed E-state index contributed by atoms with van der Waals surface area (Å²) in [5, 5.41) is 2.44. The Morgan fingerprint density at radius 3 is 1.38 bits per heavy atom. The highest BCUT2D eigenvalue weighted by atomic mass is 15.2. The molecule has 3 atom stereocenters. The van der Waals surface area contributed by atoms with Crippen LogP contribution in [0.5, 0.6) is 0 Å². The maximum Gasteiger partial charge on any atom is 0.252 e. The molecule has 1 aromatic heterocycles. The number of rotatable bonds is 9. The molecule has 100 heavy (non-hydrogen) atoms. The van der Waals surface area contributed by atoms with E-state index in [9.17, 15) is 0 Å². The van der Waals surface area contributed by atoms with Gasteiger partial charge in [-0.3, -0.25) is 0 Å². The van der Waals surface area contributed by atoms with Gasteiger partial charge in [0.25, 0.3) is 6.71 Å². The van der Waals surface area contributed by atoms with Crippen molar-refractivity contribution >= 4 is 84.6 Å². The summed E-state index contributed by atoms with van der Waals surface area (Å²) in [6.07, 6.45) is 16.5. The van der Waals surface area contributed by atoms with Gasteiger partial charge in [0.05, 0.1) is 28.1 Å². The molecule has 0 saturated heterocycles. The van der Waals surface area contributed by atoms with Gasteiger partial charge in [0.2, 0.25) is 0 Å². The Morgan fingerprint density at radius 1 is 0.370 bits per heavy atom. The number of nitrogens with zero attached hydrogens (tertiary/aromatic N) is 3. The third-order valence-corrected chi connectivity index (χ3v) is 22.5. The number of fused-ring (bicyclic) bond motifs is 7. The first-order valence-electron chi connectivity index (χ1n) is 35.8. The second-order valence-corrected chi connectivity index (χ2v) is 30.3. The van der Waals surface area contributed by atoms with E-state index in [0.717, 1.165) is 96.1 Å². The lowest BCUT2D eigenvalue weighted by atomic mass is 9.33. The van der Waals surface area contributed by atoms with Gasteiger partial charge in [-0.2, -0.15) is 0 Å². The first-order chi connectivity index (χ1) is 48.9. The molecule has 0 saturated carbocycles. The van der Waals surface area contributed by atoms with E-state index in [1.54, 1.807) is 0 Å². The second-order valence-electron chi connectivity index (χ2n) is 30.3. The van der Waals surface area contributed by atoms with Crippen molar-refractivity contribution in [3.8, 4) is 61.3 Å². The van der Waals surface area contributed by atoms with Crippen molar-refractivity contribution < 1.29 is 0 Å². The van der Waals surface area contributed by atoms with Gasteiger partial charge in [0.1, 0.15) is 0 Å². The van der Waals surface area contributed by atoms with Crippen LogP contribution in [0.2, 0.25) is 0 Å². The van der Waals surface area contributed by atoms with Gasteiger partial charge in [0, 0.05) is 67.6 Å². The fourth-order valence-corrected chi connectivity index (χ4v) is 17.7. The summed E-state index contributed by atoms with van der Waals surface area (Å²) in [6.45, 7) is 14.1. The number of benzene rings is 12. The Hall–Kier alpha value is -11.5. The van der Waals surface area contributed by atoms with E-state index in [-0.39, 0.29) is 23.5 Å². The van der Waals surface area contributed by atoms with Crippen molar-refractivity contribution in [1.29, 1.82) is 0 Å². The summed E-state index contributed by atoms with van der Waals surface area (Å²) in [5.41, 5.74) is 35.3. The highest BCUT2D eigenvalue weighted by molar-refractivity contribution is 7.00. The van der Waals surface area contributed by atoms with Crippen LogP contribution < -0.4 is 26.2 Å². The van der Waals surface area contributed by atoms with Gasteiger partial charge in [-0.25, -0.2) is 0 Å². The minimum atomic E-state index is -0.231. The number of hydrogen-bond acceptors (Lipinski definition) is 2. The molecule has 2 aliphatic heterocycles. The van der Waals surface area contributed by atoms with Gasteiger partial charge in [-0.05, 0) is 143 Å². The van der Waals surface area contributed by atoms with Gasteiger partial charge >= 0.3 is 0 Å². The van der Waals surface area contributed by atoms with Crippen LogP contribution in [0, 0.1) is 28.6 Å². The molecule has 0 N–H and O–H groups in total. The maximum atomic E-state index is 2.74. The topological polar surface area (TPSA) is 11.4 Å². The van der Waals surface area contributed by atoms with Gasteiger partial charge < -0.3 is 14.4 Å². The minimum Gasteiger partial charge on any atom is -0.310 e. The lowest BCUT2D eigenvalue weighted by molar-refractivity contribution is 0.329. The number of aromatic nitrogens is 1. The number of para-hydroxylation sites is 4. The molecule has 0 radical (unpaired) electrons. The van der Waals surface area contributed by atoms with Crippen molar-refractivity contribution in [2.24, 2.45) is 28.6 Å². The third kappa shape index (κ3) is 9.55. The lowest BCUT2D eigenvalue weighted by Crippen LogP contribution is -2.61. The van der Waals surface area contributed by atoms with E-state index in [1.807, 2.05) is 0 Å². The highest BCUT2D eigenvalue weighted by Crippen LogP contribution is 2.59. The minimum absolute atomic E-state index is 0.00956. The molecular formula is C96H76BN3. The molecule has 3 heterocycles. The predicted octanol–water partition coefficient (Wildman–Crippen LogP) is 23.6. The summed E-state index contributed by atoms with van der Waals surface area (Å²) >= 11 is 0. The summed E-state index contributed by atoms with van der Waals surface area (Å²) in [4.78, 5) is 5.43. The zero-order valence-corrected chi connectivity index (χ0v) is 57.5. The van der Waals surface area contributed by atoms with E-state index in [2.05, 4.69) is 377 Å². The van der Waals surface area contributed by atoms with Gasteiger partial charge in [-0.15, -0.1) is 0 Å². The quantitative estimate of drug-likeness (QED) is 0.133. The Kier molecular flexibility index (Phi) is 13.8. The second kappa shape index (κ2) is 23.1. The number of hydrogen-bond donors (Lipinski definition) is 0. The fraction of sp³-hybridized carbons (Fsp3) is 0.125. The van der Waals surface area contributed by atoms with Crippen molar-refractivity contribution in [2.45, 2.75) is 48.0 Å². The molecule has 0 fully saturated rings. The largest absolute Gasteiger partial charge is 0.310 e. The molecule has 0 bridgehead atoms. The third-order valence-electron chi connectivity index (χ3n) is 22.5. The van der Waals surface area contributed by atoms with Gasteiger partial charge in [0.15, 0.2) is 0 Å². The molecular weight excluding hydrogens is 1210 g/mol. The Labute approximate surface area is 588 Å². The maximum absolute atomic E-state index is 2.74. The van der Waals surface area contributed by atoms with E-state index in [1.165, 1.54) is 83.0 Å². The Balaban J connectivity index is 0.994. The molecule has 0 spiro atoms. The van der Waals surface area contributed by atoms with Crippen LogP contribution in [0.3, 0.4) is 0 Å². The van der Waals surface area contributed by atoms with Gasteiger partial charge in [-0.1, -0.05) is 332 Å². The number of allylic oxidation sites excluding steroid dienone is 12. The SMILES string of the molecule is CC(C)(C)C1=CC2=CC(c3ccc4c(c3)N(c3c(-c5ccccc5)cccc3-c3ccccc3)c3cc(-n5c6ccccc6c6ccccc65)cc5c3B4c3cc(-c4ccccc4)ccc3N5c3c(-c4ccccc4)cccc3-c3ccccc3)=C3C=C(C(C)(C)C)CC4C=CC(=C1)C2C34. The molecule has 13 aromatic rings. The van der Waals surface area contributed by atoms with Crippen LogP contribution in [0.15, 0.2) is 349 Å². The van der Waals surface area contributed by atoms with Crippen LogP contribution in [0.1, 0.15) is 53.5 Å². The normalized spacial score (nSPS) is 17.3. The van der Waals surface area contributed by atoms with E-state index < -0.39 is 0 Å². The molecule has 6 aliphatic rings. The lowest BCUT2D eigenvalue weighted by Gasteiger charge is -2.48.